The van der Waals surface area contributed by atoms with Crippen molar-refractivity contribution in [1.29, 1.82) is 0 Å². The van der Waals surface area contributed by atoms with Gasteiger partial charge in [-0.25, -0.2) is 4.79 Å². The van der Waals surface area contributed by atoms with Crippen LogP contribution in [0.25, 0.3) is 6.08 Å². The molecule has 1 atom stereocenters. The Labute approximate surface area is 120 Å². The third kappa shape index (κ3) is 4.22. The molecule has 0 saturated heterocycles. The van der Waals surface area contributed by atoms with E-state index in [2.05, 4.69) is 5.32 Å². The van der Waals surface area contributed by atoms with Crippen LogP contribution in [0, 0.1) is 0 Å². The zero-order valence-corrected chi connectivity index (χ0v) is 11.1. The van der Waals surface area contributed by atoms with Gasteiger partial charge in [-0.2, -0.15) is 0 Å². The molecule has 0 unspecified atom stereocenters. The maximum Gasteiger partial charge on any atom is 0.332 e. The molecule has 1 amide bonds. The number of aliphatic carboxylic acids is 1. The van der Waals surface area contributed by atoms with E-state index in [1.165, 1.54) is 6.08 Å². The Morgan fingerprint density at radius 1 is 1.33 bits per heavy atom. The van der Waals surface area contributed by atoms with Gasteiger partial charge < -0.3 is 25.0 Å². The van der Waals surface area contributed by atoms with E-state index in [1.54, 1.807) is 24.3 Å². The van der Waals surface area contributed by atoms with Gasteiger partial charge in [-0.1, -0.05) is 6.07 Å². The number of carbonyl (C=O) groups excluding carboxylic acids is 1. The number of carbonyl (C=O) groups is 2. The van der Waals surface area contributed by atoms with Crippen molar-refractivity contribution in [2.24, 2.45) is 0 Å². The maximum absolute atomic E-state index is 11.5. The first-order valence-corrected chi connectivity index (χ1v) is 6.32. The topological polar surface area (TPSA) is 105 Å². The Morgan fingerprint density at radius 2 is 2.10 bits per heavy atom. The highest BCUT2D eigenvalue weighted by Crippen LogP contribution is 2.32. The van der Waals surface area contributed by atoms with Crippen molar-refractivity contribution in [3.8, 4) is 11.5 Å². The first kappa shape index (κ1) is 14.9. The van der Waals surface area contributed by atoms with Crippen LogP contribution in [0.1, 0.15) is 12.0 Å². The van der Waals surface area contributed by atoms with Crippen LogP contribution in [-0.4, -0.2) is 41.5 Å². The summed E-state index contributed by atoms with van der Waals surface area (Å²) in [6.07, 6.45) is 1.41. The maximum atomic E-state index is 11.5. The monoisotopic (exact) mass is 293 g/mol. The van der Waals surface area contributed by atoms with Crippen LogP contribution >= 0.6 is 0 Å². The quantitative estimate of drug-likeness (QED) is 0.655. The molecule has 1 aromatic carbocycles. The molecule has 1 aliphatic heterocycles. The summed E-state index contributed by atoms with van der Waals surface area (Å²) in [4.78, 5) is 21.9. The number of fused-ring (bicyclic) bond motifs is 1. The molecule has 7 heteroatoms. The molecule has 1 aromatic rings. The average molecular weight is 293 g/mol. The van der Waals surface area contributed by atoms with Crippen molar-refractivity contribution < 1.29 is 29.3 Å². The molecule has 1 aliphatic rings. The summed E-state index contributed by atoms with van der Waals surface area (Å²) in [5, 5.41) is 20.0. The first-order valence-electron chi connectivity index (χ1n) is 6.32. The fourth-order valence-electron chi connectivity index (χ4n) is 1.70. The van der Waals surface area contributed by atoms with Crippen LogP contribution < -0.4 is 14.8 Å². The van der Waals surface area contributed by atoms with Gasteiger partial charge in [0, 0.05) is 19.0 Å². The molecule has 112 valence electrons. The zero-order valence-electron chi connectivity index (χ0n) is 11.1. The second-order valence-corrected chi connectivity index (χ2v) is 4.38. The van der Waals surface area contributed by atoms with E-state index in [9.17, 15) is 9.59 Å². The highest BCUT2D eigenvalue weighted by molar-refractivity contribution is 5.91. The lowest BCUT2D eigenvalue weighted by Gasteiger charge is -2.05. The molecular weight excluding hydrogens is 278 g/mol. The number of carboxylic acid groups (broad SMARTS) is 1. The lowest BCUT2D eigenvalue weighted by molar-refractivity contribution is -0.147. The standard InChI is InChI=1S/C14H15NO6/c16-10(14(18)19)5-6-15-13(17)4-2-9-1-3-11-12(7-9)21-8-20-11/h1-4,7,10,16H,5-6,8H2,(H,15,17)(H,18,19)/b4-2+/t10-/m0/s1. The van der Waals surface area contributed by atoms with Gasteiger partial charge in [0.25, 0.3) is 0 Å². The van der Waals surface area contributed by atoms with Gasteiger partial charge in [0.2, 0.25) is 12.7 Å². The number of aliphatic hydroxyl groups is 1. The van der Waals surface area contributed by atoms with Crippen LogP contribution in [0.2, 0.25) is 0 Å². The number of hydrogen-bond acceptors (Lipinski definition) is 5. The van der Waals surface area contributed by atoms with Gasteiger partial charge in [-0.3, -0.25) is 4.79 Å². The van der Waals surface area contributed by atoms with Crippen LogP contribution in [0.3, 0.4) is 0 Å². The van der Waals surface area contributed by atoms with E-state index in [0.29, 0.717) is 11.5 Å². The Kier molecular flexibility index (Phi) is 4.78. The number of aliphatic hydroxyl groups excluding tert-OH is 1. The van der Waals surface area contributed by atoms with Crippen LogP contribution in [0.5, 0.6) is 11.5 Å². The number of carboxylic acids is 1. The van der Waals surface area contributed by atoms with E-state index >= 15 is 0 Å². The van der Waals surface area contributed by atoms with Crippen molar-refractivity contribution in [1.82, 2.24) is 5.32 Å². The van der Waals surface area contributed by atoms with E-state index in [0.717, 1.165) is 5.56 Å². The van der Waals surface area contributed by atoms with Crippen molar-refractivity contribution in [2.75, 3.05) is 13.3 Å². The smallest absolute Gasteiger partial charge is 0.332 e. The number of amides is 1. The highest BCUT2D eigenvalue weighted by atomic mass is 16.7. The van der Waals surface area contributed by atoms with Crippen LogP contribution in [0.15, 0.2) is 24.3 Å². The molecule has 0 aromatic heterocycles. The van der Waals surface area contributed by atoms with Gasteiger partial charge in [-0.05, 0) is 23.8 Å². The molecule has 0 bridgehead atoms. The van der Waals surface area contributed by atoms with Crippen molar-refractivity contribution >= 4 is 18.0 Å². The Hall–Kier alpha value is -2.54. The van der Waals surface area contributed by atoms with Crippen molar-refractivity contribution in [3.05, 3.63) is 29.8 Å². The van der Waals surface area contributed by atoms with Gasteiger partial charge in [0.15, 0.2) is 17.6 Å². The normalized spacial score (nSPS) is 14.1. The van der Waals surface area contributed by atoms with Crippen LogP contribution in [-0.2, 0) is 9.59 Å². The zero-order chi connectivity index (χ0) is 15.2. The first-order chi connectivity index (χ1) is 10.1. The fraction of sp³-hybridized carbons (Fsp3) is 0.286. The minimum Gasteiger partial charge on any atom is -0.479 e. The summed E-state index contributed by atoms with van der Waals surface area (Å²) in [6, 6.07) is 5.29. The molecule has 0 saturated carbocycles. The molecule has 0 fully saturated rings. The van der Waals surface area contributed by atoms with Gasteiger partial charge >= 0.3 is 5.97 Å². The highest BCUT2D eigenvalue weighted by Gasteiger charge is 2.13. The second kappa shape index (κ2) is 6.76. The Bertz CT molecular complexity index is 569. The van der Waals surface area contributed by atoms with Gasteiger partial charge in [-0.15, -0.1) is 0 Å². The number of nitrogens with one attached hydrogen (secondary N) is 1. The van der Waals surface area contributed by atoms with Crippen molar-refractivity contribution in [2.45, 2.75) is 12.5 Å². The third-order valence-corrected chi connectivity index (χ3v) is 2.83. The summed E-state index contributed by atoms with van der Waals surface area (Å²) in [6.45, 7) is 0.271. The minimum absolute atomic E-state index is 0.0427. The van der Waals surface area contributed by atoms with Gasteiger partial charge in [0.1, 0.15) is 0 Å². The van der Waals surface area contributed by atoms with E-state index in [1.807, 2.05) is 0 Å². The third-order valence-electron chi connectivity index (χ3n) is 2.83. The summed E-state index contributed by atoms with van der Waals surface area (Å²) in [5.41, 5.74) is 0.778. The summed E-state index contributed by atoms with van der Waals surface area (Å²) in [5.74, 6) is -0.383. The Morgan fingerprint density at radius 3 is 2.86 bits per heavy atom. The summed E-state index contributed by atoms with van der Waals surface area (Å²) >= 11 is 0. The van der Waals surface area contributed by atoms with E-state index in [-0.39, 0.29) is 25.7 Å². The van der Waals surface area contributed by atoms with Crippen LogP contribution in [0.4, 0.5) is 0 Å². The number of rotatable bonds is 6. The molecule has 3 N–H and O–H groups in total. The number of ether oxygens (including phenoxy) is 2. The largest absolute Gasteiger partial charge is 0.479 e. The van der Waals surface area contributed by atoms with Gasteiger partial charge in [0.05, 0.1) is 0 Å². The Balaban J connectivity index is 1.81. The summed E-state index contributed by atoms with van der Waals surface area (Å²) in [7, 11) is 0. The molecule has 0 radical (unpaired) electrons. The molecule has 2 rings (SSSR count). The molecule has 1 heterocycles. The lowest BCUT2D eigenvalue weighted by Crippen LogP contribution is -2.28. The summed E-state index contributed by atoms with van der Waals surface area (Å²) < 4.78 is 10.4. The average Bonchev–Trinajstić information content (AvgIpc) is 2.92. The fourth-order valence-corrected chi connectivity index (χ4v) is 1.70. The predicted octanol–water partition coefficient (Wildman–Crippen LogP) is 0.380. The number of hydrogen-bond donors (Lipinski definition) is 3. The molecular formula is C14H15NO6. The van der Waals surface area contributed by atoms with E-state index < -0.39 is 12.1 Å². The second-order valence-electron chi connectivity index (χ2n) is 4.38. The SMILES string of the molecule is O=C(/C=C/c1ccc2c(c1)OCO2)NCC[C@H](O)C(=O)O. The molecule has 0 aliphatic carbocycles. The molecule has 21 heavy (non-hydrogen) atoms. The van der Waals surface area contributed by atoms with Crippen molar-refractivity contribution in [3.63, 3.8) is 0 Å². The molecule has 0 spiro atoms. The predicted molar refractivity (Wildman–Crippen MR) is 72.9 cm³/mol. The minimum atomic E-state index is -1.47. The molecule has 7 nitrogen and oxygen atoms in total. The lowest BCUT2D eigenvalue weighted by atomic mass is 10.2. The van der Waals surface area contributed by atoms with E-state index in [4.69, 9.17) is 19.7 Å². The number of benzene rings is 1.